The fourth-order valence-electron chi connectivity index (χ4n) is 1.15. The van der Waals surface area contributed by atoms with E-state index < -0.39 is 18.0 Å². The predicted molar refractivity (Wildman–Crippen MR) is 52.2 cm³/mol. The quantitative estimate of drug-likeness (QED) is 0.678. The van der Waals surface area contributed by atoms with Gasteiger partial charge >= 0.3 is 12.1 Å². The van der Waals surface area contributed by atoms with Crippen LogP contribution in [0.5, 0.6) is 0 Å². The van der Waals surface area contributed by atoms with Crippen LogP contribution in [0.2, 0.25) is 0 Å². The number of amides is 2. The van der Waals surface area contributed by atoms with E-state index in [1.54, 1.807) is 6.92 Å². The molecule has 1 N–H and O–H groups in total. The highest BCUT2D eigenvalue weighted by atomic mass is 16.5. The zero-order valence-electron chi connectivity index (χ0n) is 8.75. The summed E-state index contributed by atoms with van der Waals surface area (Å²) in [5.41, 5.74) is 0. The second-order valence-corrected chi connectivity index (χ2v) is 3.04. The van der Waals surface area contributed by atoms with Gasteiger partial charge in [0.05, 0.1) is 6.61 Å². The second-order valence-electron chi connectivity index (χ2n) is 3.04. The molecule has 0 unspecified atom stereocenters. The van der Waals surface area contributed by atoms with Crippen molar-refractivity contribution in [2.75, 3.05) is 19.7 Å². The molecule has 1 aliphatic heterocycles. The smallest absolute Gasteiger partial charge is 0.411 e. The molecular weight excluding hydrogens is 216 g/mol. The first-order valence-corrected chi connectivity index (χ1v) is 4.67. The molecule has 0 aromatic rings. The van der Waals surface area contributed by atoms with Crippen LogP contribution in [0, 0.1) is 0 Å². The first-order chi connectivity index (χ1) is 7.54. The number of hydrogen-bond donors (Lipinski definition) is 1. The average molecular weight is 228 g/mol. The van der Waals surface area contributed by atoms with E-state index in [1.165, 1.54) is 12.4 Å². The van der Waals surface area contributed by atoms with Gasteiger partial charge < -0.3 is 14.7 Å². The van der Waals surface area contributed by atoms with Gasteiger partial charge in [-0.1, -0.05) is 0 Å². The largest absolute Gasteiger partial charge is 0.465 e. The van der Waals surface area contributed by atoms with Crippen LogP contribution in [-0.4, -0.2) is 52.6 Å². The van der Waals surface area contributed by atoms with Gasteiger partial charge in [-0.05, 0) is 6.92 Å². The molecule has 1 heterocycles. The summed E-state index contributed by atoms with van der Waals surface area (Å²) in [4.78, 5) is 35.0. The van der Waals surface area contributed by atoms with Crippen LogP contribution >= 0.6 is 0 Å². The lowest BCUT2D eigenvalue weighted by atomic mass is 10.4. The molecule has 1 aliphatic rings. The average Bonchev–Trinajstić information content (AvgIpc) is 2.21. The molecule has 16 heavy (non-hydrogen) atoms. The minimum absolute atomic E-state index is 0.198. The van der Waals surface area contributed by atoms with Crippen molar-refractivity contribution in [3.05, 3.63) is 12.4 Å². The summed E-state index contributed by atoms with van der Waals surface area (Å²) in [6.07, 6.45) is 1.26. The molecule has 0 atom stereocenters. The van der Waals surface area contributed by atoms with Gasteiger partial charge in [-0.25, -0.2) is 4.79 Å². The van der Waals surface area contributed by atoms with Crippen LogP contribution in [0.15, 0.2) is 12.4 Å². The lowest BCUT2D eigenvalue weighted by Crippen LogP contribution is -2.44. The number of esters is 1. The summed E-state index contributed by atoms with van der Waals surface area (Å²) in [6, 6.07) is 0. The van der Waals surface area contributed by atoms with Gasteiger partial charge in [-0.3, -0.25) is 14.5 Å². The molecule has 1 rings (SSSR count). The van der Waals surface area contributed by atoms with Crippen molar-refractivity contribution in [2.24, 2.45) is 0 Å². The molecule has 88 valence electrons. The third kappa shape index (κ3) is 2.97. The Balaban J connectivity index is 2.58. The molecular formula is C9H12N2O5. The van der Waals surface area contributed by atoms with E-state index >= 15 is 0 Å². The Hall–Kier alpha value is -2.05. The van der Waals surface area contributed by atoms with E-state index in [2.05, 4.69) is 4.74 Å². The van der Waals surface area contributed by atoms with Gasteiger partial charge in [-0.15, -0.1) is 0 Å². The molecule has 0 aliphatic carbocycles. The van der Waals surface area contributed by atoms with E-state index in [0.29, 0.717) is 0 Å². The fourth-order valence-corrected chi connectivity index (χ4v) is 1.15. The summed E-state index contributed by atoms with van der Waals surface area (Å²) < 4.78 is 4.67. The monoisotopic (exact) mass is 228 g/mol. The van der Waals surface area contributed by atoms with Gasteiger partial charge in [-0.2, -0.15) is 0 Å². The topological polar surface area (TPSA) is 87.2 Å². The highest BCUT2D eigenvalue weighted by Gasteiger charge is 2.24. The van der Waals surface area contributed by atoms with E-state index in [0.717, 1.165) is 9.80 Å². The first-order valence-electron chi connectivity index (χ1n) is 4.67. The normalized spacial score (nSPS) is 15.2. The first kappa shape index (κ1) is 12.0. The second kappa shape index (κ2) is 5.15. The Morgan fingerprint density at radius 1 is 1.50 bits per heavy atom. The van der Waals surface area contributed by atoms with Crippen LogP contribution in [0.4, 0.5) is 4.79 Å². The molecule has 2 amide bonds. The highest BCUT2D eigenvalue weighted by Crippen LogP contribution is 2.05. The van der Waals surface area contributed by atoms with Gasteiger partial charge in [0.2, 0.25) is 5.91 Å². The number of rotatable bonds is 3. The molecule has 0 saturated carbocycles. The minimum Gasteiger partial charge on any atom is -0.465 e. The maximum atomic E-state index is 11.4. The summed E-state index contributed by atoms with van der Waals surface area (Å²) in [6.45, 7) is 1.42. The third-order valence-electron chi connectivity index (χ3n) is 1.90. The van der Waals surface area contributed by atoms with Gasteiger partial charge in [0.1, 0.15) is 13.1 Å². The number of carbonyl (C=O) groups excluding carboxylic acids is 2. The molecule has 0 radical (unpaired) electrons. The van der Waals surface area contributed by atoms with Crippen molar-refractivity contribution in [1.29, 1.82) is 0 Å². The van der Waals surface area contributed by atoms with Crippen molar-refractivity contribution < 1.29 is 24.2 Å². The Morgan fingerprint density at radius 2 is 2.19 bits per heavy atom. The summed E-state index contributed by atoms with van der Waals surface area (Å²) in [5.74, 6) is -0.984. The Morgan fingerprint density at radius 3 is 2.69 bits per heavy atom. The molecule has 0 fully saturated rings. The van der Waals surface area contributed by atoms with E-state index in [1.807, 2.05) is 0 Å². The van der Waals surface area contributed by atoms with Crippen molar-refractivity contribution in [2.45, 2.75) is 6.92 Å². The lowest BCUT2D eigenvalue weighted by molar-refractivity contribution is -0.147. The predicted octanol–water partition coefficient (Wildman–Crippen LogP) is -0.157. The van der Waals surface area contributed by atoms with E-state index in [4.69, 9.17) is 5.11 Å². The number of hydrogen-bond acceptors (Lipinski definition) is 4. The molecule has 7 heteroatoms. The molecule has 0 saturated heterocycles. The zero-order valence-corrected chi connectivity index (χ0v) is 8.75. The fraction of sp³-hybridized carbons (Fsp3) is 0.444. The van der Waals surface area contributed by atoms with Crippen LogP contribution in [0.3, 0.4) is 0 Å². The SMILES string of the molecule is CCOC(=O)CN1C=CN(C(=O)O)CC1=O. The summed E-state index contributed by atoms with van der Waals surface area (Å²) >= 11 is 0. The Kier molecular flexibility index (Phi) is 3.87. The maximum absolute atomic E-state index is 11.4. The summed E-state index contributed by atoms with van der Waals surface area (Å²) in [5, 5.41) is 8.62. The molecule has 0 bridgehead atoms. The third-order valence-corrected chi connectivity index (χ3v) is 1.90. The van der Waals surface area contributed by atoms with Crippen LogP contribution in [0.25, 0.3) is 0 Å². The van der Waals surface area contributed by atoms with Crippen molar-refractivity contribution in [3.63, 3.8) is 0 Å². The van der Waals surface area contributed by atoms with Crippen LogP contribution in [0.1, 0.15) is 6.92 Å². The molecule has 0 aromatic carbocycles. The number of ether oxygens (including phenoxy) is 1. The van der Waals surface area contributed by atoms with Crippen molar-refractivity contribution >= 4 is 18.0 Å². The highest BCUT2D eigenvalue weighted by molar-refractivity contribution is 5.87. The molecule has 0 aromatic heterocycles. The number of carboxylic acid groups (broad SMARTS) is 1. The minimum atomic E-state index is -1.21. The summed E-state index contributed by atoms with van der Waals surface area (Å²) in [7, 11) is 0. The van der Waals surface area contributed by atoms with Crippen molar-refractivity contribution in [1.82, 2.24) is 9.80 Å². The lowest BCUT2D eigenvalue weighted by Gasteiger charge is -2.25. The zero-order chi connectivity index (χ0) is 12.1. The standard InChI is InChI=1S/C9H12N2O5/c1-2-16-8(13)6-10-3-4-11(9(14)15)5-7(10)12/h3-4H,2,5-6H2,1H3,(H,14,15). The number of carbonyl (C=O) groups is 3. The van der Waals surface area contributed by atoms with Crippen LogP contribution < -0.4 is 0 Å². The molecule has 0 spiro atoms. The van der Waals surface area contributed by atoms with Crippen LogP contribution in [-0.2, 0) is 14.3 Å². The van der Waals surface area contributed by atoms with Gasteiger partial charge in [0.25, 0.3) is 0 Å². The number of nitrogens with zero attached hydrogens (tertiary/aromatic N) is 2. The Bertz CT molecular complexity index is 339. The maximum Gasteiger partial charge on any atom is 0.411 e. The van der Waals surface area contributed by atoms with Crippen molar-refractivity contribution in [3.8, 4) is 0 Å². The van der Waals surface area contributed by atoms with E-state index in [9.17, 15) is 14.4 Å². The van der Waals surface area contributed by atoms with Gasteiger partial charge in [0, 0.05) is 12.4 Å². The van der Waals surface area contributed by atoms with Gasteiger partial charge in [0.15, 0.2) is 0 Å². The van der Waals surface area contributed by atoms with E-state index in [-0.39, 0.29) is 19.7 Å². The molecule has 7 nitrogen and oxygen atoms in total. The Labute approximate surface area is 91.9 Å².